The van der Waals surface area contributed by atoms with Crippen LogP contribution in [0.4, 0.5) is 0 Å². The lowest BCUT2D eigenvalue weighted by atomic mass is 10.1. The van der Waals surface area contributed by atoms with Gasteiger partial charge in [0.2, 0.25) is 0 Å². The zero-order valence-electron chi connectivity index (χ0n) is 24.8. The zero-order chi connectivity index (χ0) is 28.2. The molecule has 0 saturated carbocycles. The first-order valence-electron chi connectivity index (χ1n) is 14.3. The normalized spacial score (nSPS) is 12.3. The second kappa shape index (κ2) is 20.0. The van der Waals surface area contributed by atoms with Crippen molar-refractivity contribution in [3.63, 3.8) is 0 Å². The highest BCUT2D eigenvalue weighted by molar-refractivity contribution is 6.87. The number of ether oxygens (including phenoxy) is 2. The predicted molar refractivity (Wildman–Crippen MR) is 162 cm³/mol. The molecular formula is C28H56O6Si3. The number of esters is 2. The Bertz CT molecular complexity index is 610. The second-order valence-corrected chi connectivity index (χ2v) is 24.1. The van der Waals surface area contributed by atoms with Crippen LogP contribution in [0.5, 0.6) is 0 Å². The molecule has 37 heavy (non-hydrogen) atoms. The van der Waals surface area contributed by atoms with Crippen molar-refractivity contribution in [1.29, 1.82) is 0 Å². The molecule has 0 amide bonds. The maximum Gasteiger partial charge on any atom is 0.330 e. The summed E-state index contributed by atoms with van der Waals surface area (Å²) in [7, 11) is -5.66. The highest BCUT2D eigenvalue weighted by Gasteiger charge is 2.39. The minimum atomic E-state index is -2.15. The van der Waals surface area contributed by atoms with Crippen molar-refractivity contribution in [2.24, 2.45) is 0 Å². The van der Waals surface area contributed by atoms with Crippen molar-refractivity contribution in [2.45, 2.75) is 128 Å². The van der Waals surface area contributed by atoms with Crippen molar-refractivity contribution >= 4 is 37.1 Å². The summed E-state index contributed by atoms with van der Waals surface area (Å²) in [6.45, 7) is 21.6. The molecule has 0 bridgehead atoms. The highest BCUT2D eigenvalue weighted by Crippen LogP contribution is 2.27. The van der Waals surface area contributed by atoms with Gasteiger partial charge in [-0.3, -0.25) is 0 Å². The molecule has 0 rings (SSSR count). The standard InChI is InChI=1S/C28H56O6Si3/c1-9-27(29)31-23-19-15-11-13-17-21-25-35(3,4)33-37(7,8)34-36(5,6)26-22-18-14-12-16-20-24-32-28(30)10-2/h9-10H,1-2,11-26H2,3-8H3. The molecule has 0 aliphatic carbocycles. The van der Waals surface area contributed by atoms with Crippen LogP contribution in [0.3, 0.4) is 0 Å². The van der Waals surface area contributed by atoms with Gasteiger partial charge < -0.3 is 17.7 Å². The van der Waals surface area contributed by atoms with E-state index < -0.39 is 25.2 Å². The van der Waals surface area contributed by atoms with Gasteiger partial charge in [0.25, 0.3) is 0 Å². The Balaban J connectivity index is 4.01. The summed E-state index contributed by atoms with van der Waals surface area (Å²) in [6.07, 6.45) is 16.2. The van der Waals surface area contributed by atoms with E-state index in [0.29, 0.717) is 13.2 Å². The molecular weight excluding hydrogens is 517 g/mol. The number of carbonyl (C=O) groups is 2. The van der Waals surface area contributed by atoms with Gasteiger partial charge in [0.1, 0.15) is 0 Å². The van der Waals surface area contributed by atoms with Gasteiger partial charge in [0.05, 0.1) is 13.2 Å². The van der Waals surface area contributed by atoms with Crippen molar-refractivity contribution in [2.75, 3.05) is 13.2 Å². The van der Waals surface area contributed by atoms with E-state index in [-0.39, 0.29) is 11.9 Å². The van der Waals surface area contributed by atoms with E-state index in [9.17, 15) is 9.59 Å². The maximum atomic E-state index is 11.0. The number of hydrogen-bond donors (Lipinski definition) is 0. The first kappa shape index (κ1) is 36.0. The van der Waals surface area contributed by atoms with E-state index in [1.165, 1.54) is 75.6 Å². The molecule has 0 spiro atoms. The molecule has 0 aliphatic heterocycles. The Morgan fingerprint density at radius 3 is 1.16 bits per heavy atom. The summed E-state index contributed by atoms with van der Waals surface area (Å²) in [6, 6.07) is 2.36. The van der Waals surface area contributed by atoms with E-state index in [4.69, 9.17) is 17.7 Å². The summed E-state index contributed by atoms with van der Waals surface area (Å²) in [4.78, 5) is 22.0. The molecule has 0 saturated heterocycles. The first-order chi connectivity index (χ1) is 17.3. The van der Waals surface area contributed by atoms with Crippen molar-refractivity contribution < 1.29 is 27.3 Å². The Kier molecular flexibility index (Phi) is 19.4. The van der Waals surface area contributed by atoms with Crippen LogP contribution in [-0.4, -0.2) is 50.3 Å². The van der Waals surface area contributed by atoms with Crippen LogP contribution in [0.1, 0.15) is 77.0 Å². The summed E-state index contributed by atoms with van der Waals surface area (Å²) in [5.41, 5.74) is 0. The SMILES string of the molecule is C=CC(=O)OCCCCCCCC[Si](C)(C)O[Si](C)(C)O[Si](C)(C)CCCCCCCCOC(=O)C=C. The van der Waals surface area contributed by atoms with Crippen LogP contribution in [0.15, 0.2) is 25.3 Å². The molecule has 0 radical (unpaired) electrons. The third kappa shape index (κ3) is 22.7. The maximum absolute atomic E-state index is 11.0. The molecule has 0 atom stereocenters. The lowest BCUT2D eigenvalue weighted by Crippen LogP contribution is -2.52. The minimum absolute atomic E-state index is 0.331. The zero-order valence-corrected chi connectivity index (χ0v) is 27.8. The number of carbonyl (C=O) groups excluding carboxylic acids is 2. The van der Waals surface area contributed by atoms with E-state index in [0.717, 1.165) is 25.7 Å². The van der Waals surface area contributed by atoms with Gasteiger partial charge in [-0.25, -0.2) is 9.59 Å². The van der Waals surface area contributed by atoms with Crippen LogP contribution in [0.2, 0.25) is 51.4 Å². The predicted octanol–water partition coefficient (Wildman–Crippen LogP) is 8.27. The lowest BCUT2D eigenvalue weighted by Gasteiger charge is -2.39. The fraction of sp³-hybridized carbons (Fsp3) is 0.786. The first-order valence-corrected chi connectivity index (χ1v) is 23.4. The smallest absolute Gasteiger partial charge is 0.330 e. The van der Waals surface area contributed by atoms with Gasteiger partial charge in [0.15, 0.2) is 16.6 Å². The largest absolute Gasteiger partial charge is 0.463 e. The van der Waals surface area contributed by atoms with Crippen LogP contribution < -0.4 is 0 Å². The molecule has 0 aromatic carbocycles. The highest BCUT2D eigenvalue weighted by atomic mass is 28.5. The Hall–Kier alpha value is -1.01. The van der Waals surface area contributed by atoms with Gasteiger partial charge in [-0.1, -0.05) is 77.4 Å². The van der Waals surface area contributed by atoms with Crippen LogP contribution in [0.25, 0.3) is 0 Å². The summed E-state index contributed by atoms with van der Waals surface area (Å²) in [5.74, 6) is -0.662. The molecule has 0 N–H and O–H groups in total. The van der Waals surface area contributed by atoms with Crippen molar-refractivity contribution in [3.05, 3.63) is 25.3 Å². The summed E-state index contributed by atoms with van der Waals surface area (Å²) >= 11 is 0. The average Bonchev–Trinajstić information content (AvgIpc) is 2.79. The number of unbranched alkanes of at least 4 members (excludes halogenated alkanes) is 10. The molecule has 0 aliphatic rings. The Morgan fingerprint density at radius 1 is 0.541 bits per heavy atom. The molecule has 6 nitrogen and oxygen atoms in total. The van der Waals surface area contributed by atoms with Gasteiger partial charge in [0, 0.05) is 12.2 Å². The molecule has 0 heterocycles. The fourth-order valence-corrected chi connectivity index (χ4v) is 18.8. The van der Waals surface area contributed by atoms with Crippen LogP contribution in [0, 0.1) is 0 Å². The fourth-order valence-electron chi connectivity index (χ4n) is 4.64. The van der Waals surface area contributed by atoms with E-state index in [1.807, 2.05) is 0 Å². The van der Waals surface area contributed by atoms with Gasteiger partial charge in [-0.15, -0.1) is 0 Å². The minimum Gasteiger partial charge on any atom is -0.463 e. The van der Waals surface area contributed by atoms with Crippen LogP contribution in [-0.2, 0) is 27.3 Å². The van der Waals surface area contributed by atoms with Crippen LogP contribution >= 0.6 is 0 Å². The van der Waals surface area contributed by atoms with Gasteiger partial charge in [-0.05, 0) is 64.2 Å². The molecule has 0 aromatic heterocycles. The average molecular weight is 573 g/mol. The second-order valence-electron chi connectivity index (χ2n) is 11.6. The summed E-state index contributed by atoms with van der Waals surface area (Å²) in [5, 5.41) is 0. The molecule has 9 heteroatoms. The van der Waals surface area contributed by atoms with Gasteiger partial charge >= 0.3 is 20.5 Å². The summed E-state index contributed by atoms with van der Waals surface area (Å²) < 4.78 is 23.5. The van der Waals surface area contributed by atoms with E-state index in [1.54, 1.807) is 0 Å². The lowest BCUT2D eigenvalue weighted by molar-refractivity contribution is -0.138. The van der Waals surface area contributed by atoms with Crippen molar-refractivity contribution in [1.82, 2.24) is 0 Å². The third-order valence-electron chi connectivity index (χ3n) is 6.21. The quantitative estimate of drug-likeness (QED) is 0.0502. The topological polar surface area (TPSA) is 71.1 Å². The molecule has 0 unspecified atom stereocenters. The van der Waals surface area contributed by atoms with Gasteiger partial charge in [-0.2, -0.15) is 0 Å². The van der Waals surface area contributed by atoms with E-state index in [2.05, 4.69) is 52.4 Å². The monoisotopic (exact) mass is 572 g/mol. The Morgan fingerprint density at radius 2 is 0.838 bits per heavy atom. The number of hydrogen-bond acceptors (Lipinski definition) is 6. The molecule has 0 fully saturated rings. The molecule has 216 valence electrons. The Labute approximate surface area is 231 Å². The molecule has 0 aromatic rings. The third-order valence-corrected chi connectivity index (χ3v) is 17.7. The van der Waals surface area contributed by atoms with Crippen molar-refractivity contribution in [3.8, 4) is 0 Å². The van der Waals surface area contributed by atoms with E-state index >= 15 is 0 Å². The number of rotatable bonds is 24.